The van der Waals surface area contributed by atoms with E-state index >= 15 is 0 Å². The molecule has 0 radical (unpaired) electrons. The van der Waals surface area contributed by atoms with Crippen LogP contribution in [-0.2, 0) is 14.6 Å². The molecule has 1 aliphatic heterocycles. The van der Waals surface area contributed by atoms with E-state index in [1.54, 1.807) is 0 Å². The molecule has 0 spiro atoms. The van der Waals surface area contributed by atoms with Crippen molar-refractivity contribution >= 4 is 15.8 Å². The van der Waals surface area contributed by atoms with Gasteiger partial charge in [-0.2, -0.15) is 0 Å². The van der Waals surface area contributed by atoms with Crippen LogP contribution < -0.4 is 0 Å². The minimum atomic E-state index is -3.07. The number of aliphatic carboxylic acids is 1. The van der Waals surface area contributed by atoms with Gasteiger partial charge in [-0.1, -0.05) is 0 Å². The fraction of sp³-hybridized carbons (Fsp3) is 0.875. The Morgan fingerprint density at radius 3 is 2.36 bits per heavy atom. The van der Waals surface area contributed by atoms with Gasteiger partial charge in [-0.3, -0.25) is 4.79 Å². The fourth-order valence-corrected chi connectivity index (χ4v) is 5.02. The molecule has 1 saturated heterocycles. The number of sulfone groups is 1. The first-order valence-corrected chi connectivity index (χ1v) is 6.32. The predicted molar refractivity (Wildman–Crippen MR) is 47.3 cm³/mol. The molecule has 14 heavy (non-hydrogen) atoms. The SMILES string of the molecule is O=C(O)[C@@H]1[C@@H](CO)[C@@H]2CS(=O)(=O)C[C@@H]21. The number of hydrogen-bond acceptors (Lipinski definition) is 4. The van der Waals surface area contributed by atoms with Crippen LogP contribution in [0.1, 0.15) is 0 Å². The minimum Gasteiger partial charge on any atom is -0.481 e. The van der Waals surface area contributed by atoms with E-state index in [1.165, 1.54) is 0 Å². The second-order valence-electron chi connectivity index (χ2n) is 4.12. The van der Waals surface area contributed by atoms with Crippen LogP contribution in [0, 0.1) is 23.7 Å². The zero-order chi connectivity index (χ0) is 10.5. The summed E-state index contributed by atoms with van der Waals surface area (Å²) in [6.45, 7) is -0.229. The average molecular weight is 220 g/mol. The van der Waals surface area contributed by atoms with Crippen molar-refractivity contribution in [3.8, 4) is 0 Å². The number of aliphatic hydroxyl groups is 1. The van der Waals surface area contributed by atoms with Crippen molar-refractivity contribution in [2.45, 2.75) is 0 Å². The highest BCUT2D eigenvalue weighted by Crippen LogP contribution is 2.51. The molecule has 2 fully saturated rings. The highest BCUT2D eigenvalue weighted by atomic mass is 32.2. The van der Waals surface area contributed by atoms with E-state index in [0.29, 0.717) is 0 Å². The summed E-state index contributed by atoms with van der Waals surface area (Å²) >= 11 is 0. The van der Waals surface area contributed by atoms with Crippen molar-refractivity contribution in [2.24, 2.45) is 23.7 Å². The van der Waals surface area contributed by atoms with Crippen molar-refractivity contribution < 1.29 is 23.4 Å². The van der Waals surface area contributed by atoms with E-state index in [2.05, 4.69) is 0 Å². The van der Waals surface area contributed by atoms with Crippen LogP contribution in [0.3, 0.4) is 0 Å². The quantitative estimate of drug-likeness (QED) is 0.621. The molecular weight excluding hydrogens is 208 g/mol. The van der Waals surface area contributed by atoms with E-state index in [-0.39, 0.29) is 35.9 Å². The minimum absolute atomic E-state index is 0.0227. The lowest BCUT2D eigenvalue weighted by molar-refractivity contribution is -0.158. The predicted octanol–water partition coefficient (Wildman–Crippen LogP) is -1.03. The van der Waals surface area contributed by atoms with Gasteiger partial charge < -0.3 is 10.2 Å². The molecule has 5 nitrogen and oxygen atoms in total. The summed E-state index contributed by atoms with van der Waals surface area (Å²) in [4.78, 5) is 10.8. The Morgan fingerprint density at radius 2 is 1.86 bits per heavy atom. The van der Waals surface area contributed by atoms with Crippen molar-refractivity contribution in [3.05, 3.63) is 0 Å². The number of carboxylic acid groups (broad SMARTS) is 1. The summed E-state index contributed by atoms with van der Waals surface area (Å²) in [5, 5.41) is 17.8. The summed E-state index contributed by atoms with van der Waals surface area (Å²) < 4.78 is 22.5. The molecule has 1 saturated carbocycles. The van der Waals surface area contributed by atoms with E-state index in [0.717, 1.165) is 0 Å². The standard InChI is InChI=1S/C8H12O5S/c9-1-4-5-2-14(12,13)3-6(5)7(4)8(10)11/h4-7,9H,1-3H2,(H,10,11)/t4-,5-,6-,7+/m0/s1. The van der Waals surface area contributed by atoms with E-state index in [9.17, 15) is 13.2 Å². The van der Waals surface area contributed by atoms with E-state index in [1.807, 2.05) is 0 Å². The van der Waals surface area contributed by atoms with Crippen molar-refractivity contribution in [2.75, 3.05) is 18.1 Å². The molecule has 0 bridgehead atoms. The summed E-state index contributed by atoms with van der Waals surface area (Å²) in [6.07, 6.45) is 0. The first kappa shape index (κ1) is 9.92. The molecule has 1 heterocycles. The molecule has 80 valence electrons. The highest BCUT2D eigenvalue weighted by molar-refractivity contribution is 7.91. The topological polar surface area (TPSA) is 91.7 Å². The summed E-state index contributed by atoms with van der Waals surface area (Å²) in [5.41, 5.74) is 0. The van der Waals surface area contributed by atoms with E-state index in [4.69, 9.17) is 10.2 Å². The molecule has 6 heteroatoms. The molecule has 2 aliphatic rings. The van der Waals surface area contributed by atoms with Crippen molar-refractivity contribution in [1.29, 1.82) is 0 Å². The zero-order valence-corrected chi connectivity index (χ0v) is 8.27. The first-order chi connectivity index (χ1) is 6.46. The van der Waals surface area contributed by atoms with Gasteiger partial charge in [0, 0.05) is 6.61 Å². The number of carbonyl (C=O) groups is 1. The van der Waals surface area contributed by atoms with Crippen LogP contribution in [0.2, 0.25) is 0 Å². The Hall–Kier alpha value is -0.620. The molecule has 2 rings (SSSR count). The monoisotopic (exact) mass is 220 g/mol. The number of hydrogen-bond donors (Lipinski definition) is 2. The van der Waals surface area contributed by atoms with Gasteiger partial charge in [0.05, 0.1) is 17.4 Å². The van der Waals surface area contributed by atoms with Gasteiger partial charge in [-0.15, -0.1) is 0 Å². The Balaban J connectivity index is 2.21. The van der Waals surface area contributed by atoms with Crippen LogP contribution in [0.5, 0.6) is 0 Å². The third kappa shape index (κ3) is 1.25. The molecule has 0 amide bonds. The van der Waals surface area contributed by atoms with Crippen LogP contribution in [0.25, 0.3) is 0 Å². The third-order valence-corrected chi connectivity index (χ3v) is 5.20. The van der Waals surface area contributed by atoms with Crippen molar-refractivity contribution in [3.63, 3.8) is 0 Å². The van der Waals surface area contributed by atoms with Crippen LogP contribution in [0.4, 0.5) is 0 Å². The van der Waals surface area contributed by atoms with Gasteiger partial charge in [0.25, 0.3) is 0 Å². The van der Waals surface area contributed by atoms with Crippen LogP contribution in [-0.4, -0.2) is 42.7 Å². The van der Waals surface area contributed by atoms with Gasteiger partial charge in [0.1, 0.15) is 0 Å². The van der Waals surface area contributed by atoms with E-state index < -0.39 is 21.7 Å². The lowest BCUT2D eigenvalue weighted by Gasteiger charge is -2.44. The summed E-state index contributed by atoms with van der Waals surface area (Å²) in [6, 6.07) is 0. The molecule has 0 aromatic rings. The van der Waals surface area contributed by atoms with Crippen LogP contribution in [0.15, 0.2) is 0 Å². The van der Waals surface area contributed by atoms with Crippen molar-refractivity contribution in [1.82, 2.24) is 0 Å². The summed E-state index contributed by atoms with van der Waals surface area (Å²) in [5.74, 6) is -2.39. The third-order valence-electron chi connectivity index (χ3n) is 3.41. The maximum absolute atomic E-state index is 11.2. The number of rotatable bonds is 2. The largest absolute Gasteiger partial charge is 0.481 e. The molecule has 0 aromatic carbocycles. The summed E-state index contributed by atoms with van der Waals surface area (Å²) in [7, 11) is -3.07. The molecule has 0 unspecified atom stereocenters. The van der Waals surface area contributed by atoms with Gasteiger partial charge >= 0.3 is 5.97 Å². The second kappa shape index (κ2) is 2.93. The lowest BCUT2D eigenvalue weighted by atomic mass is 9.58. The first-order valence-electron chi connectivity index (χ1n) is 4.50. The van der Waals surface area contributed by atoms with Gasteiger partial charge in [0.15, 0.2) is 9.84 Å². The zero-order valence-electron chi connectivity index (χ0n) is 7.46. The molecule has 4 atom stereocenters. The maximum atomic E-state index is 11.2. The average Bonchev–Trinajstić information content (AvgIpc) is 2.28. The Kier molecular flexibility index (Phi) is 2.08. The van der Waals surface area contributed by atoms with Crippen LogP contribution >= 0.6 is 0 Å². The molecule has 1 aliphatic carbocycles. The highest BCUT2D eigenvalue weighted by Gasteiger charge is 2.59. The van der Waals surface area contributed by atoms with Gasteiger partial charge in [0.2, 0.25) is 0 Å². The Bertz CT molecular complexity index is 360. The smallest absolute Gasteiger partial charge is 0.307 e. The number of carboxylic acids is 1. The van der Waals surface area contributed by atoms with Gasteiger partial charge in [-0.05, 0) is 17.8 Å². The maximum Gasteiger partial charge on any atom is 0.307 e. The second-order valence-corrected chi connectivity index (χ2v) is 6.27. The molecular formula is C8H12O5S. The Labute approximate surface area is 81.7 Å². The Morgan fingerprint density at radius 1 is 1.29 bits per heavy atom. The molecule has 0 aromatic heterocycles. The lowest BCUT2D eigenvalue weighted by Crippen LogP contribution is -2.51. The normalized spacial score (nSPS) is 44.1. The fourth-order valence-electron chi connectivity index (χ4n) is 2.77. The van der Waals surface area contributed by atoms with Gasteiger partial charge in [-0.25, -0.2) is 8.42 Å². The number of fused-ring (bicyclic) bond motifs is 1. The molecule has 2 N–H and O–H groups in total. The number of aliphatic hydroxyl groups excluding tert-OH is 1.